The Hall–Kier alpha value is 0.220. The van der Waals surface area contributed by atoms with Gasteiger partial charge in [0.25, 0.3) is 0 Å². The first-order chi connectivity index (χ1) is 4.18. The Kier molecular flexibility index (Phi) is 4.26. The number of benzene rings is 1. The summed E-state index contributed by atoms with van der Waals surface area (Å²) < 4.78 is 0. The van der Waals surface area contributed by atoms with Gasteiger partial charge < -0.3 is 0 Å². The molecule has 0 nitrogen and oxygen atoms in total. The first kappa shape index (κ1) is 10.2. The van der Waals surface area contributed by atoms with Gasteiger partial charge >= 0.3 is 29.6 Å². The summed E-state index contributed by atoms with van der Waals surface area (Å²) in [5.41, 5.74) is 4.06. The van der Waals surface area contributed by atoms with Crippen LogP contribution in [0.4, 0.5) is 0 Å². The first-order valence-electron chi connectivity index (χ1n) is 3.23. The molecule has 0 aromatic heterocycles. The summed E-state index contributed by atoms with van der Waals surface area (Å²) in [4.78, 5) is 0. The van der Waals surface area contributed by atoms with E-state index in [1.807, 2.05) is 0 Å². The third-order valence-corrected chi connectivity index (χ3v) is 1.37. The summed E-state index contributed by atoms with van der Waals surface area (Å²) in [6.45, 7) is 6.38. The molecular formula is C9H13Na. The van der Waals surface area contributed by atoms with E-state index in [1.54, 1.807) is 0 Å². The molecule has 0 aliphatic carbocycles. The van der Waals surface area contributed by atoms with Gasteiger partial charge in [0.05, 0.1) is 0 Å². The molecule has 0 amide bonds. The predicted molar refractivity (Wildman–Crippen MR) is 47.8 cm³/mol. The maximum absolute atomic E-state index is 2.19. The minimum atomic E-state index is 0. The second-order valence-corrected chi connectivity index (χ2v) is 2.67. The molecule has 50 valence electrons. The van der Waals surface area contributed by atoms with Crippen molar-refractivity contribution in [3.8, 4) is 0 Å². The van der Waals surface area contributed by atoms with E-state index in [2.05, 4.69) is 39.0 Å². The topological polar surface area (TPSA) is 0 Å². The van der Waals surface area contributed by atoms with Gasteiger partial charge in [-0.25, -0.2) is 0 Å². The van der Waals surface area contributed by atoms with Crippen molar-refractivity contribution < 1.29 is 0 Å². The van der Waals surface area contributed by atoms with Gasteiger partial charge in [0.1, 0.15) is 0 Å². The van der Waals surface area contributed by atoms with Crippen molar-refractivity contribution in [3.63, 3.8) is 0 Å². The summed E-state index contributed by atoms with van der Waals surface area (Å²) in [7, 11) is 0. The third-order valence-electron chi connectivity index (χ3n) is 1.37. The molecule has 0 atom stereocenters. The molecule has 0 bridgehead atoms. The van der Waals surface area contributed by atoms with E-state index in [0.29, 0.717) is 0 Å². The second-order valence-electron chi connectivity index (χ2n) is 2.67. The van der Waals surface area contributed by atoms with Gasteiger partial charge in [0.2, 0.25) is 0 Å². The Morgan fingerprint density at radius 2 is 0.900 bits per heavy atom. The quantitative estimate of drug-likeness (QED) is 0.488. The molecule has 1 rings (SSSR count). The van der Waals surface area contributed by atoms with Crippen LogP contribution in [0.2, 0.25) is 0 Å². The zero-order chi connectivity index (χ0) is 6.85. The molecule has 0 aliphatic rings. The Morgan fingerprint density at radius 1 is 0.700 bits per heavy atom. The number of hydrogen-bond acceptors (Lipinski definition) is 0. The van der Waals surface area contributed by atoms with Crippen molar-refractivity contribution in [3.05, 3.63) is 34.9 Å². The number of aryl methyl sites for hydroxylation is 3. The summed E-state index contributed by atoms with van der Waals surface area (Å²) in [6.07, 6.45) is 0. The average Bonchev–Trinajstić information content (AvgIpc) is 1.59. The van der Waals surface area contributed by atoms with Crippen LogP contribution in [0.1, 0.15) is 16.7 Å². The van der Waals surface area contributed by atoms with Crippen LogP contribution < -0.4 is 0 Å². The maximum atomic E-state index is 2.19. The monoisotopic (exact) mass is 144 g/mol. The SMILES string of the molecule is Cc1cc(C)cc(C)c1.[NaH]. The fourth-order valence-corrected chi connectivity index (χ4v) is 1.20. The van der Waals surface area contributed by atoms with Crippen molar-refractivity contribution in [2.75, 3.05) is 0 Å². The van der Waals surface area contributed by atoms with E-state index in [4.69, 9.17) is 0 Å². The van der Waals surface area contributed by atoms with Crippen LogP contribution in [0.3, 0.4) is 0 Å². The molecule has 0 heterocycles. The molecule has 1 aromatic carbocycles. The predicted octanol–water partition coefficient (Wildman–Crippen LogP) is 1.96. The molecule has 0 saturated carbocycles. The van der Waals surface area contributed by atoms with Gasteiger partial charge in [-0.15, -0.1) is 0 Å². The van der Waals surface area contributed by atoms with Crippen molar-refractivity contribution in [2.24, 2.45) is 0 Å². The molecule has 1 aromatic rings. The van der Waals surface area contributed by atoms with Gasteiger partial charge in [-0.2, -0.15) is 0 Å². The van der Waals surface area contributed by atoms with Gasteiger partial charge in [0.15, 0.2) is 0 Å². The zero-order valence-electron chi connectivity index (χ0n) is 6.23. The van der Waals surface area contributed by atoms with Gasteiger partial charge in [-0.05, 0) is 20.8 Å². The third kappa shape index (κ3) is 2.87. The average molecular weight is 144 g/mol. The van der Waals surface area contributed by atoms with Crippen LogP contribution >= 0.6 is 0 Å². The minimum absolute atomic E-state index is 0. The van der Waals surface area contributed by atoms with Crippen LogP contribution in [0, 0.1) is 20.8 Å². The summed E-state index contributed by atoms with van der Waals surface area (Å²) in [5, 5.41) is 0. The summed E-state index contributed by atoms with van der Waals surface area (Å²) in [5.74, 6) is 0. The normalized spacial score (nSPS) is 8.70. The van der Waals surface area contributed by atoms with Gasteiger partial charge in [-0.1, -0.05) is 34.9 Å². The fourth-order valence-electron chi connectivity index (χ4n) is 1.20. The van der Waals surface area contributed by atoms with Gasteiger partial charge in [-0.3, -0.25) is 0 Å². The van der Waals surface area contributed by atoms with E-state index in [1.165, 1.54) is 16.7 Å². The Morgan fingerprint density at radius 3 is 1.10 bits per heavy atom. The van der Waals surface area contributed by atoms with Crippen molar-refractivity contribution in [2.45, 2.75) is 20.8 Å². The van der Waals surface area contributed by atoms with Crippen LogP contribution in [0.5, 0.6) is 0 Å². The molecule has 0 saturated heterocycles. The van der Waals surface area contributed by atoms with E-state index < -0.39 is 0 Å². The molecule has 0 spiro atoms. The van der Waals surface area contributed by atoms with Crippen LogP contribution in [0.15, 0.2) is 18.2 Å². The zero-order valence-corrected chi connectivity index (χ0v) is 6.23. The number of hydrogen-bond donors (Lipinski definition) is 0. The van der Waals surface area contributed by atoms with Gasteiger partial charge in [0, 0.05) is 0 Å². The first-order valence-corrected chi connectivity index (χ1v) is 3.23. The number of rotatable bonds is 0. The Balaban J connectivity index is 0.000000810. The van der Waals surface area contributed by atoms with Crippen molar-refractivity contribution in [1.82, 2.24) is 0 Å². The van der Waals surface area contributed by atoms with E-state index in [-0.39, 0.29) is 29.6 Å². The molecule has 1 heteroatoms. The molecule has 0 unspecified atom stereocenters. The van der Waals surface area contributed by atoms with Crippen LogP contribution in [0.25, 0.3) is 0 Å². The molecule has 0 N–H and O–H groups in total. The summed E-state index contributed by atoms with van der Waals surface area (Å²) in [6, 6.07) is 6.56. The summed E-state index contributed by atoms with van der Waals surface area (Å²) >= 11 is 0. The van der Waals surface area contributed by atoms with Crippen molar-refractivity contribution >= 4 is 29.6 Å². The fraction of sp³-hybridized carbons (Fsp3) is 0.333. The molecule has 0 aliphatic heterocycles. The molecular weight excluding hydrogens is 131 g/mol. The molecule has 0 fully saturated rings. The van der Waals surface area contributed by atoms with Crippen LogP contribution in [-0.2, 0) is 0 Å². The molecule has 0 radical (unpaired) electrons. The van der Waals surface area contributed by atoms with E-state index in [0.717, 1.165) is 0 Å². The van der Waals surface area contributed by atoms with E-state index >= 15 is 0 Å². The van der Waals surface area contributed by atoms with Crippen LogP contribution in [-0.4, -0.2) is 29.6 Å². The Labute approximate surface area is 84.9 Å². The van der Waals surface area contributed by atoms with E-state index in [9.17, 15) is 0 Å². The standard InChI is InChI=1S/C9H12.Na.H/c1-7-4-8(2)6-9(3)5-7;;/h4-6H,1-3H3;;. The van der Waals surface area contributed by atoms with Crippen molar-refractivity contribution in [1.29, 1.82) is 0 Å². The molecule has 10 heavy (non-hydrogen) atoms. The Bertz CT molecular complexity index is 165. The second kappa shape index (κ2) is 4.17.